The Bertz CT molecular complexity index is 524. The highest BCUT2D eigenvalue weighted by atomic mass is 35.5. The lowest BCUT2D eigenvalue weighted by molar-refractivity contribution is -0.142. The summed E-state index contributed by atoms with van der Waals surface area (Å²) in [5, 5.41) is 0.809. The van der Waals surface area contributed by atoms with Gasteiger partial charge in [0.15, 0.2) is 0 Å². The number of piperazine rings is 1. The summed E-state index contributed by atoms with van der Waals surface area (Å²) in [4.78, 5) is 16.7. The largest absolute Gasteiger partial charge is 0.368 e. The second-order valence-corrected chi connectivity index (χ2v) is 6.84. The van der Waals surface area contributed by atoms with Crippen molar-refractivity contribution in [3.05, 3.63) is 34.9 Å². The van der Waals surface area contributed by atoms with Gasteiger partial charge in [-0.05, 0) is 49.9 Å². The van der Waals surface area contributed by atoms with E-state index in [0.717, 1.165) is 70.0 Å². The zero-order valence-electron chi connectivity index (χ0n) is 13.5. The SMILES string of the molecule is O=C(C1CCCO1)N1CCN(CCCc2cccc(Cl)c2)CC1. The highest BCUT2D eigenvalue weighted by Gasteiger charge is 2.30. The van der Waals surface area contributed by atoms with Gasteiger partial charge in [0.05, 0.1) is 0 Å². The summed E-state index contributed by atoms with van der Waals surface area (Å²) in [6, 6.07) is 8.09. The lowest BCUT2D eigenvalue weighted by Gasteiger charge is -2.35. The molecule has 1 atom stereocenters. The minimum atomic E-state index is -0.177. The van der Waals surface area contributed by atoms with Crippen molar-refractivity contribution < 1.29 is 9.53 Å². The predicted molar refractivity (Wildman–Crippen MR) is 91.8 cm³/mol. The summed E-state index contributed by atoms with van der Waals surface area (Å²) in [6.45, 7) is 5.40. The first-order valence-electron chi connectivity index (χ1n) is 8.59. The van der Waals surface area contributed by atoms with Gasteiger partial charge in [-0.15, -0.1) is 0 Å². The Labute approximate surface area is 143 Å². The van der Waals surface area contributed by atoms with Crippen LogP contribution in [0.15, 0.2) is 24.3 Å². The van der Waals surface area contributed by atoms with E-state index < -0.39 is 0 Å². The van der Waals surface area contributed by atoms with Gasteiger partial charge >= 0.3 is 0 Å². The Morgan fingerprint density at radius 3 is 2.78 bits per heavy atom. The van der Waals surface area contributed by atoms with Crippen LogP contribution in [-0.4, -0.2) is 61.1 Å². The highest BCUT2D eigenvalue weighted by molar-refractivity contribution is 6.30. The van der Waals surface area contributed by atoms with Gasteiger partial charge in [0, 0.05) is 37.8 Å². The molecule has 2 saturated heterocycles. The van der Waals surface area contributed by atoms with Crippen LogP contribution in [0.25, 0.3) is 0 Å². The predicted octanol–water partition coefficient (Wildman–Crippen LogP) is 2.60. The molecule has 2 fully saturated rings. The number of rotatable bonds is 5. The molecule has 0 radical (unpaired) electrons. The molecular formula is C18H25ClN2O2. The molecule has 1 aromatic carbocycles. The summed E-state index contributed by atoms with van der Waals surface area (Å²) >= 11 is 6.01. The van der Waals surface area contributed by atoms with Crippen LogP contribution in [0.5, 0.6) is 0 Å². The summed E-state index contributed by atoms with van der Waals surface area (Å²) in [7, 11) is 0. The van der Waals surface area contributed by atoms with Crippen LogP contribution in [0.1, 0.15) is 24.8 Å². The van der Waals surface area contributed by atoms with Crippen molar-refractivity contribution in [3.8, 4) is 0 Å². The summed E-state index contributed by atoms with van der Waals surface area (Å²) < 4.78 is 5.50. The lowest BCUT2D eigenvalue weighted by atomic mass is 10.1. The average Bonchev–Trinajstić information content (AvgIpc) is 3.09. The van der Waals surface area contributed by atoms with E-state index in [4.69, 9.17) is 16.3 Å². The average molecular weight is 337 g/mol. The fourth-order valence-corrected chi connectivity index (χ4v) is 3.58. The number of hydrogen-bond donors (Lipinski definition) is 0. The fraction of sp³-hybridized carbons (Fsp3) is 0.611. The van der Waals surface area contributed by atoms with Gasteiger partial charge in [-0.3, -0.25) is 9.69 Å². The first kappa shape index (κ1) is 16.7. The molecule has 126 valence electrons. The van der Waals surface area contributed by atoms with Crippen LogP contribution in [-0.2, 0) is 16.0 Å². The molecule has 1 amide bonds. The summed E-state index contributed by atoms with van der Waals surface area (Å²) in [6.07, 6.45) is 3.90. The molecule has 5 heteroatoms. The number of aryl methyl sites for hydroxylation is 1. The van der Waals surface area contributed by atoms with Gasteiger partial charge in [-0.2, -0.15) is 0 Å². The second kappa shape index (κ2) is 8.13. The Morgan fingerprint density at radius 1 is 1.26 bits per heavy atom. The standard InChI is InChI=1S/C18H25ClN2O2/c19-16-6-1-4-15(14-16)5-2-8-20-9-11-21(12-10-20)18(22)17-7-3-13-23-17/h1,4,6,14,17H,2-3,5,7-13H2. The third-order valence-corrected chi connectivity index (χ3v) is 4.95. The zero-order chi connectivity index (χ0) is 16.1. The Balaban J connectivity index is 1.36. The molecule has 0 saturated carbocycles. The molecule has 0 bridgehead atoms. The molecule has 0 spiro atoms. The number of carbonyl (C=O) groups excluding carboxylic acids is 1. The molecule has 2 aliphatic rings. The second-order valence-electron chi connectivity index (χ2n) is 6.40. The number of halogens is 1. The van der Waals surface area contributed by atoms with Gasteiger partial charge in [-0.25, -0.2) is 0 Å². The number of benzene rings is 1. The number of ether oxygens (including phenoxy) is 1. The molecule has 3 rings (SSSR count). The van der Waals surface area contributed by atoms with E-state index in [1.54, 1.807) is 0 Å². The lowest BCUT2D eigenvalue weighted by Crippen LogP contribution is -2.51. The molecule has 0 aliphatic carbocycles. The van der Waals surface area contributed by atoms with Crippen LogP contribution in [0.3, 0.4) is 0 Å². The Kier molecular flexibility index (Phi) is 5.92. The van der Waals surface area contributed by atoms with E-state index in [9.17, 15) is 4.79 Å². The van der Waals surface area contributed by atoms with E-state index in [1.165, 1.54) is 5.56 Å². The quantitative estimate of drug-likeness (QED) is 0.828. The van der Waals surface area contributed by atoms with Gasteiger partial charge < -0.3 is 9.64 Å². The van der Waals surface area contributed by atoms with Gasteiger partial charge in [0.1, 0.15) is 6.10 Å². The van der Waals surface area contributed by atoms with Crippen molar-refractivity contribution in [2.45, 2.75) is 31.8 Å². The molecular weight excluding hydrogens is 312 g/mol. The van der Waals surface area contributed by atoms with Gasteiger partial charge in [0.25, 0.3) is 5.91 Å². The molecule has 23 heavy (non-hydrogen) atoms. The van der Waals surface area contributed by atoms with E-state index in [0.29, 0.717) is 0 Å². The third kappa shape index (κ3) is 4.69. The van der Waals surface area contributed by atoms with E-state index in [2.05, 4.69) is 11.0 Å². The zero-order valence-corrected chi connectivity index (χ0v) is 14.3. The van der Waals surface area contributed by atoms with Crippen molar-refractivity contribution in [2.24, 2.45) is 0 Å². The first-order valence-corrected chi connectivity index (χ1v) is 8.97. The van der Waals surface area contributed by atoms with Crippen LogP contribution < -0.4 is 0 Å². The van der Waals surface area contributed by atoms with Gasteiger partial charge in [-0.1, -0.05) is 23.7 Å². The van der Waals surface area contributed by atoms with Crippen molar-refractivity contribution in [2.75, 3.05) is 39.3 Å². The molecule has 1 unspecified atom stereocenters. The van der Waals surface area contributed by atoms with Crippen molar-refractivity contribution in [1.82, 2.24) is 9.80 Å². The Hall–Kier alpha value is -1.10. The van der Waals surface area contributed by atoms with E-state index in [-0.39, 0.29) is 12.0 Å². The first-order chi connectivity index (χ1) is 11.2. The van der Waals surface area contributed by atoms with E-state index in [1.807, 2.05) is 23.1 Å². The van der Waals surface area contributed by atoms with Crippen LogP contribution in [0, 0.1) is 0 Å². The highest BCUT2D eigenvalue weighted by Crippen LogP contribution is 2.16. The Morgan fingerprint density at radius 2 is 2.09 bits per heavy atom. The summed E-state index contributed by atoms with van der Waals surface area (Å²) in [5.74, 6) is 0.195. The smallest absolute Gasteiger partial charge is 0.251 e. The number of nitrogens with zero attached hydrogens (tertiary/aromatic N) is 2. The topological polar surface area (TPSA) is 32.8 Å². The van der Waals surface area contributed by atoms with Gasteiger partial charge in [0.2, 0.25) is 0 Å². The van der Waals surface area contributed by atoms with Crippen LogP contribution in [0.4, 0.5) is 0 Å². The number of hydrogen-bond acceptors (Lipinski definition) is 3. The molecule has 2 heterocycles. The monoisotopic (exact) mass is 336 g/mol. The van der Waals surface area contributed by atoms with Crippen molar-refractivity contribution >= 4 is 17.5 Å². The maximum absolute atomic E-state index is 12.3. The molecule has 0 aromatic heterocycles. The molecule has 1 aromatic rings. The molecule has 4 nitrogen and oxygen atoms in total. The van der Waals surface area contributed by atoms with Crippen LogP contribution in [0.2, 0.25) is 5.02 Å². The maximum atomic E-state index is 12.3. The fourth-order valence-electron chi connectivity index (χ4n) is 3.37. The molecule has 2 aliphatic heterocycles. The third-order valence-electron chi connectivity index (χ3n) is 4.72. The molecule has 0 N–H and O–H groups in total. The van der Waals surface area contributed by atoms with Crippen molar-refractivity contribution in [1.29, 1.82) is 0 Å². The minimum Gasteiger partial charge on any atom is -0.368 e. The van der Waals surface area contributed by atoms with E-state index >= 15 is 0 Å². The van der Waals surface area contributed by atoms with Crippen LogP contribution >= 0.6 is 11.6 Å². The normalized spacial score (nSPS) is 22.5. The minimum absolute atomic E-state index is 0.177. The summed E-state index contributed by atoms with van der Waals surface area (Å²) in [5.41, 5.74) is 1.30. The number of amides is 1. The van der Waals surface area contributed by atoms with Crippen molar-refractivity contribution in [3.63, 3.8) is 0 Å². The number of carbonyl (C=O) groups is 1. The maximum Gasteiger partial charge on any atom is 0.251 e.